The minimum atomic E-state index is -0.525. The number of nitro benzene ring substituents is 1. The number of nitro groups is 1. The van der Waals surface area contributed by atoms with E-state index in [1.165, 1.54) is 35.6 Å². The van der Waals surface area contributed by atoms with E-state index in [4.69, 9.17) is 9.47 Å². The van der Waals surface area contributed by atoms with Crippen LogP contribution in [0, 0.1) is 10.1 Å². The molecule has 0 fully saturated rings. The van der Waals surface area contributed by atoms with E-state index in [0.717, 1.165) is 10.4 Å². The summed E-state index contributed by atoms with van der Waals surface area (Å²) in [5, 5.41) is 13.7. The number of rotatable bonds is 8. The Morgan fingerprint density at radius 2 is 1.80 bits per heavy atom. The fourth-order valence-electron chi connectivity index (χ4n) is 2.56. The molecule has 0 spiro atoms. The van der Waals surface area contributed by atoms with Gasteiger partial charge in [-0.25, -0.2) is 4.79 Å². The average molecular weight is 426 g/mol. The van der Waals surface area contributed by atoms with Crippen molar-refractivity contribution in [3.05, 3.63) is 76.3 Å². The van der Waals surface area contributed by atoms with E-state index < -0.39 is 16.8 Å². The molecule has 0 aliphatic rings. The molecule has 0 aliphatic heterocycles. The molecule has 1 amide bonds. The second-order valence-corrected chi connectivity index (χ2v) is 7.08. The SMILES string of the molecule is CCOC(=O)c1cc(-c2ccccc2)sc1NC(=O)COc1ccc([N+](=O)[O-])cc1. The van der Waals surface area contributed by atoms with Crippen LogP contribution in [0.3, 0.4) is 0 Å². The lowest BCUT2D eigenvalue weighted by molar-refractivity contribution is -0.384. The number of benzene rings is 2. The summed E-state index contributed by atoms with van der Waals surface area (Å²) in [6, 6.07) is 16.6. The molecule has 2 aromatic carbocycles. The second-order valence-electron chi connectivity index (χ2n) is 6.03. The number of nitrogens with one attached hydrogen (secondary N) is 1. The highest BCUT2D eigenvalue weighted by molar-refractivity contribution is 7.20. The first kappa shape index (κ1) is 21.0. The monoisotopic (exact) mass is 426 g/mol. The summed E-state index contributed by atoms with van der Waals surface area (Å²) < 4.78 is 10.5. The number of ether oxygens (including phenoxy) is 2. The first-order chi connectivity index (χ1) is 14.5. The van der Waals surface area contributed by atoms with Gasteiger partial charge < -0.3 is 14.8 Å². The van der Waals surface area contributed by atoms with Crippen LogP contribution in [-0.2, 0) is 9.53 Å². The molecule has 1 aromatic heterocycles. The van der Waals surface area contributed by atoms with Crippen molar-refractivity contribution >= 4 is 33.9 Å². The third kappa shape index (κ3) is 5.21. The maximum absolute atomic E-state index is 12.3. The average Bonchev–Trinajstić information content (AvgIpc) is 3.17. The van der Waals surface area contributed by atoms with Crippen LogP contribution in [0.2, 0.25) is 0 Å². The van der Waals surface area contributed by atoms with Gasteiger partial charge in [-0.15, -0.1) is 11.3 Å². The standard InChI is InChI=1S/C21H18N2O6S/c1-2-28-21(25)17-12-18(14-6-4-3-5-7-14)30-20(17)22-19(24)13-29-16-10-8-15(9-11-16)23(26)27/h3-12H,2,13H2,1H3,(H,22,24). The fraction of sp³-hybridized carbons (Fsp3) is 0.143. The molecule has 0 aliphatic carbocycles. The number of hydrogen-bond donors (Lipinski definition) is 1. The highest BCUT2D eigenvalue weighted by Gasteiger charge is 2.20. The molecular weight excluding hydrogens is 408 g/mol. The smallest absolute Gasteiger partial charge is 0.341 e. The van der Waals surface area contributed by atoms with E-state index in [1.807, 2.05) is 30.3 Å². The van der Waals surface area contributed by atoms with Crippen LogP contribution in [0.15, 0.2) is 60.7 Å². The van der Waals surface area contributed by atoms with Gasteiger partial charge in [-0.1, -0.05) is 30.3 Å². The Kier molecular flexibility index (Phi) is 6.76. The summed E-state index contributed by atoms with van der Waals surface area (Å²) in [5.74, 6) is -0.680. The van der Waals surface area contributed by atoms with Gasteiger partial charge in [0.25, 0.3) is 11.6 Å². The van der Waals surface area contributed by atoms with Gasteiger partial charge in [0, 0.05) is 17.0 Å². The lowest BCUT2D eigenvalue weighted by Crippen LogP contribution is -2.21. The van der Waals surface area contributed by atoms with Crippen molar-refractivity contribution in [2.45, 2.75) is 6.92 Å². The molecule has 3 aromatic rings. The third-order valence-corrected chi connectivity index (χ3v) is 5.06. The molecule has 0 radical (unpaired) electrons. The topological polar surface area (TPSA) is 108 Å². The zero-order valence-electron chi connectivity index (χ0n) is 16.0. The van der Waals surface area contributed by atoms with Crippen LogP contribution in [0.25, 0.3) is 10.4 Å². The van der Waals surface area contributed by atoms with E-state index >= 15 is 0 Å². The molecule has 1 heterocycles. The van der Waals surface area contributed by atoms with E-state index in [1.54, 1.807) is 13.0 Å². The maximum Gasteiger partial charge on any atom is 0.341 e. The number of amides is 1. The number of esters is 1. The fourth-order valence-corrected chi connectivity index (χ4v) is 3.63. The molecule has 0 saturated carbocycles. The van der Waals surface area contributed by atoms with Crippen LogP contribution in [-0.4, -0.2) is 30.0 Å². The predicted octanol–water partition coefficient (Wildman–Crippen LogP) is 4.52. The summed E-state index contributed by atoms with van der Waals surface area (Å²) in [4.78, 5) is 35.6. The Balaban J connectivity index is 1.72. The lowest BCUT2D eigenvalue weighted by atomic mass is 10.1. The van der Waals surface area contributed by atoms with Gasteiger partial charge in [-0.3, -0.25) is 14.9 Å². The Morgan fingerprint density at radius 1 is 1.10 bits per heavy atom. The molecule has 0 unspecified atom stereocenters. The van der Waals surface area contributed by atoms with Crippen LogP contribution in [0.4, 0.5) is 10.7 Å². The highest BCUT2D eigenvalue weighted by Crippen LogP contribution is 2.36. The van der Waals surface area contributed by atoms with Crippen molar-refractivity contribution < 1.29 is 24.0 Å². The molecule has 9 heteroatoms. The first-order valence-electron chi connectivity index (χ1n) is 9.01. The number of non-ortho nitro benzene ring substituents is 1. The van der Waals surface area contributed by atoms with Crippen LogP contribution < -0.4 is 10.1 Å². The van der Waals surface area contributed by atoms with E-state index in [9.17, 15) is 19.7 Å². The molecule has 8 nitrogen and oxygen atoms in total. The van der Waals surface area contributed by atoms with E-state index in [2.05, 4.69) is 5.32 Å². The summed E-state index contributed by atoms with van der Waals surface area (Å²) in [7, 11) is 0. The van der Waals surface area contributed by atoms with Gasteiger partial charge in [0.2, 0.25) is 0 Å². The third-order valence-electron chi connectivity index (χ3n) is 3.96. The minimum Gasteiger partial charge on any atom is -0.484 e. The van der Waals surface area contributed by atoms with Crippen LogP contribution >= 0.6 is 11.3 Å². The molecule has 0 saturated heterocycles. The van der Waals surface area contributed by atoms with Crippen molar-refractivity contribution in [1.29, 1.82) is 0 Å². The Labute approximate surface area is 176 Å². The van der Waals surface area contributed by atoms with Crippen molar-refractivity contribution in [3.63, 3.8) is 0 Å². The van der Waals surface area contributed by atoms with Crippen molar-refractivity contribution in [1.82, 2.24) is 0 Å². The number of nitrogens with zero attached hydrogens (tertiary/aromatic N) is 1. The maximum atomic E-state index is 12.3. The molecule has 30 heavy (non-hydrogen) atoms. The Hall–Kier alpha value is -3.72. The first-order valence-corrected chi connectivity index (χ1v) is 9.83. The zero-order chi connectivity index (χ0) is 21.5. The molecule has 1 N–H and O–H groups in total. The van der Waals surface area contributed by atoms with Gasteiger partial charge in [0.05, 0.1) is 17.1 Å². The summed E-state index contributed by atoms with van der Waals surface area (Å²) >= 11 is 1.26. The Morgan fingerprint density at radius 3 is 2.43 bits per heavy atom. The molecule has 0 bridgehead atoms. The molecule has 0 atom stereocenters. The molecule has 154 valence electrons. The van der Waals surface area contributed by atoms with Gasteiger partial charge in [0.1, 0.15) is 10.8 Å². The zero-order valence-corrected chi connectivity index (χ0v) is 16.8. The van der Waals surface area contributed by atoms with Crippen molar-refractivity contribution in [2.75, 3.05) is 18.5 Å². The van der Waals surface area contributed by atoms with Crippen molar-refractivity contribution in [3.8, 4) is 16.2 Å². The number of anilines is 1. The Bertz CT molecular complexity index is 1050. The van der Waals surface area contributed by atoms with E-state index in [0.29, 0.717) is 10.8 Å². The minimum absolute atomic E-state index is 0.0714. The quantitative estimate of drug-likeness (QED) is 0.322. The van der Waals surface area contributed by atoms with Gasteiger partial charge in [-0.05, 0) is 30.7 Å². The van der Waals surface area contributed by atoms with Crippen LogP contribution in [0.1, 0.15) is 17.3 Å². The van der Waals surface area contributed by atoms with Crippen molar-refractivity contribution in [2.24, 2.45) is 0 Å². The van der Waals surface area contributed by atoms with Gasteiger partial charge in [0.15, 0.2) is 6.61 Å². The number of carbonyl (C=O) groups is 2. The van der Waals surface area contributed by atoms with E-state index in [-0.39, 0.29) is 24.5 Å². The van der Waals surface area contributed by atoms with Gasteiger partial charge >= 0.3 is 5.97 Å². The highest BCUT2D eigenvalue weighted by atomic mass is 32.1. The number of carbonyl (C=O) groups excluding carboxylic acids is 2. The summed E-state index contributed by atoms with van der Waals surface area (Å²) in [5.41, 5.74) is 1.11. The normalized spacial score (nSPS) is 10.3. The summed E-state index contributed by atoms with van der Waals surface area (Å²) in [6.45, 7) is 1.60. The second kappa shape index (κ2) is 9.66. The van der Waals surface area contributed by atoms with Gasteiger partial charge in [-0.2, -0.15) is 0 Å². The summed E-state index contributed by atoms with van der Waals surface area (Å²) in [6.07, 6.45) is 0. The molecular formula is C21H18N2O6S. The predicted molar refractivity (Wildman–Crippen MR) is 113 cm³/mol. The largest absolute Gasteiger partial charge is 0.484 e. The number of hydrogen-bond acceptors (Lipinski definition) is 7. The molecule has 3 rings (SSSR count). The lowest BCUT2D eigenvalue weighted by Gasteiger charge is -2.08. The number of thiophene rings is 1. The van der Waals surface area contributed by atoms with Crippen LogP contribution in [0.5, 0.6) is 5.75 Å².